The van der Waals surface area contributed by atoms with Gasteiger partial charge in [0.2, 0.25) is 0 Å². The van der Waals surface area contributed by atoms with Crippen LogP contribution in [-0.4, -0.2) is 37.7 Å². The summed E-state index contributed by atoms with van der Waals surface area (Å²) in [7, 11) is -1.82. The van der Waals surface area contributed by atoms with Gasteiger partial charge in [-0.3, -0.25) is 10.1 Å². The van der Waals surface area contributed by atoms with Crippen molar-refractivity contribution in [2.75, 3.05) is 18.7 Å². The number of rotatable bonds is 7. The van der Waals surface area contributed by atoms with Gasteiger partial charge in [-0.25, -0.2) is 18.4 Å². The molecule has 0 aliphatic carbocycles. The van der Waals surface area contributed by atoms with Gasteiger partial charge in [-0.2, -0.15) is 0 Å². The number of nitrogens with one attached hydrogen (secondary N) is 1. The summed E-state index contributed by atoms with van der Waals surface area (Å²) in [6, 6.07) is 9.55. The fraction of sp³-hybridized carbons (Fsp3) is 0.150. The van der Waals surface area contributed by atoms with Crippen molar-refractivity contribution in [3.05, 3.63) is 58.5 Å². The average Bonchev–Trinajstić information content (AvgIpc) is 3.40. The predicted octanol–water partition coefficient (Wildman–Crippen LogP) is 4.00. The molecule has 11 heteroatoms. The molecule has 2 heterocycles. The molecule has 1 amide bonds. The number of anilines is 1. The third kappa shape index (κ3) is 4.84. The number of carbonyl (C=O) groups excluding carboxylic acids is 1. The van der Waals surface area contributed by atoms with Gasteiger partial charge in [-0.1, -0.05) is 11.3 Å². The van der Waals surface area contributed by atoms with Gasteiger partial charge < -0.3 is 9.47 Å². The largest absolute Gasteiger partial charge is 0.493 e. The van der Waals surface area contributed by atoms with Crippen molar-refractivity contribution in [2.24, 2.45) is 0 Å². The number of ether oxygens (including phenoxy) is 2. The number of sulfone groups is 1. The first-order valence-electron chi connectivity index (χ1n) is 8.93. The number of hydrogen-bond donors (Lipinski definition) is 1. The van der Waals surface area contributed by atoms with E-state index in [1.807, 2.05) is 5.38 Å². The summed E-state index contributed by atoms with van der Waals surface area (Å²) in [5.74, 6) is 0.553. The van der Waals surface area contributed by atoms with Crippen molar-refractivity contribution >= 4 is 53.8 Å². The first-order valence-corrected chi connectivity index (χ1v) is 12.6. The summed E-state index contributed by atoms with van der Waals surface area (Å²) >= 11 is 2.69. The van der Waals surface area contributed by atoms with Crippen LogP contribution in [0.2, 0.25) is 0 Å². The number of hydrogen-bond acceptors (Lipinski definition) is 9. The van der Waals surface area contributed by atoms with Crippen LogP contribution < -0.4 is 14.8 Å². The van der Waals surface area contributed by atoms with Crippen molar-refractivity contribution in [3.63, 3.8) is 0 Å². The van der Waals surface area contributed by atoms with Gasteiger partial charge >= 0.3 is 0 Å². The lowest BCUT2D eigenvalue weighted by Gasteiger charge is -2.11. The second kappa shape index (κ2) is 8.61. The molecule has 31 heavy (non-hydrogen) atoms. The Labute approximate surface area is 186 Å². The van der Waals surface area contributed by atoms with Crippen LogP contribution in [0.25, 0.3) is 10.2 Å². The van der Waals surface area contributed by atoms with Crippen LogP contribution in [0.15, 0.2) is 52.2 Å². The van der Waals surface area contributed by atoms with Crippen molar-refractivity contribution in [1.29, 1.82) is 0 Å². The molecule has 0 saturated carbocycles. The normalized spacial score (nSPS) is 11.4. The highest BCUT2D eigenvalue weighted by Crippen LogP contribution is 2.31. The molecule has 0 radical (unpaired) electrons. The number of amides is 1. The number of nitrogens with zero attached hydrogens (tertiary/aromatic N) is 2. The van der Waals surface area contributed by atoms with Crippen LogP contribution in [0.4, 0.5) is 5.13 Å². The van der Waals surface area contributed by atoms with E-state index in [0.717, 1.165) is 11.9 Å². The maximum atomic E-state index is 12.7. The van der Waals surface area contributed by atoms with Crippen LogP contribution in [0, 0.1) is 0 Å². The molecule has 0 atom stereocenters. The molecule has 0 aliphatic heterocycles. The first kappa shape index (κ1) is 21.2. The van der Waals surface area contributed by atoms with Gasteiger partial charge in [0.05, 0.1) is 33.4 Å². The highest BCUT2D eigenvalue weighted by molar-refractivity contribution is 7.90. The monoisotopic (exact) mass is 475 g/mol. The third-order valence-electron chi connectivity index (χ3n) is 4.29. The van der Waals surface area contributed by atoms with Crippen LogP contribution >= 0.6 is 22.7 Å². The van der Waals surface area contributed by atoms with Crippen LogP contribution in [0.1, 0.15) is 16.1 Å². The molecular weight excluding hydrogens is 458 g/mol. The molecule has 4 rings (SSSR count). The van der Waals surface area contributed by atoms with E-state index in [1.165, 1.54) is 35.8 Å². The second-order valence-electron chi connectivity index (χ2n) is 6.51. The van der Waals surface area contributed by atoms with E-state index in [-0.39, 0.29) is 10.8 Å². The van der Waals surface area contributed by atoms with E-state index in [4.69, 9.17) is 9.47 Å². The quantitative estimate of drug-likeness (QED) is 0.430. The summed E-state index contributed by atoms with van der Waals surface area (Å²) in [5.41, 5.74) is 3.52. The molecule has 0 fully saturated rings. The Morgan fingerprint density at radius 1 is 1.16 bits per heavy atom. The molecule has 0 aliphatic rings. The summed E-state index contributed by atoms with van der Waals surface area (Å²) < 4.78 is 35.2. The van der Waals surface area contributed by atoms with Gasteiger partial charge in [0.1, 0.15) is 6.61 Å². The van der Waals surface area contributed by atoms with Gasteiger partial charge in [0, 0.05) is 17.2 Å². The minimum absolute atomic E-state index is 0.208. The number of fused-ring (bicyclic) bond motifs is 1. The minimum Gasteiger partial charge on any atom is -0.493 e. The molecule has 8 nitrogen and oxygen atoms in total. The van der Waals surface area contributed by atoms with Gasteiger partial charge in [-0.05, 0) is 36.4 Å². The van der Waals surface area contributed by atoms with Gasteiger partial charge in [0.15, 0.2) is 26.5 Å². The first-order chi connectivity index (χ1) is 14.8. The number of carbonyl (C=O) groups is 1. The lowest BCUT2D eigenvalue weighted by Crippen LogP contribution is -2.12. The Hall–Kier alpha value is -3.02. The molecular formula is C20H17N3O5S3. The molecule has 0 saturated heterocycles. The summed E-state index contributed by atoms with van der Waals surface area (Å²) in [5, 5.41) is 5.01. The van der Waals surface area contributed by atoms with E-state index < -0.39 is 9.84 Å². The van der Waals surface area contributed by atoms with E-state index >= 15 is 0 Å². The number of benzene rings is 2. The van der Waals surface area contributed by atoms with E-state index in [0.29, 0.717) is 39.0 Å². The van der Waals surface area contributed by atoms with Crippen LogP contribution in [0.3, 0.4) is 0 Å². The highest BCUT2D eigenvalue weighted by Gasteiger charge is 2.15. The Morgan fingerprint density at radius 3 is 2.71 bits per heavy atom. The zero-order valence-corrected chi connectivity index (χ0v) is 18.9. The maximum Gasteiger partial charge on any atom is 0.257 e. The maximum absolute atomic E-state index is 12.7. The Balaban J connectivity index is 1.51. The number of thiazole rings is 2. The third-order valence-corrected chi connectivity index (χ3v) is 6.97. The molecule has 4 aromatic rings. The Morgan fingerprint density at radius 2 is 2.00 bits per heavy atom. The molecule has 2 aromatic carbocycles. The molecule has 160 valence electrons. The van der Waals surface area contributed by atoms with Crippen LogP contribution in [-0.2, 0) is 16.4 Å². The van der Waals surface area contributed by atoms with E-state index in [9.17, 15) is 13.2 Å². The average molecular weight is 476 g/mol. The Bertz CT molecular complexity index is 1350. The van der Waals surface area contributed by atoms with Gasteiger partial charge in [0.25, 0.3) is 5.91 Å². The Kier molecular flexibility index (Phi) is 5.90. The summed E-state index contributed by atoms with van der Waals surface area (Å²) in [6.07, 6.45) is 1.15. The van der Waals surface area contributed by atoms with E-state index in [2.05, 4.69) is 15.3 Å². The lowest BCUT2D eigenvalue weighted by molar-refractivity contribution is 0.102. The van der Waals surface area contributed by atoms with E-state index in [1.54, 1.807) is 35.8 Å². The lowest BCUT2D eigenvalue weighted by atomic mass is 10.2. The van der Waals surface area contributed by atoms with Crippen molar-refractivity contribution in [1.82, 2.24) is 9.97 Å². The second-order valence-corrected chi connectivity index (χ2v) is 10.3. The predicted molar refractivity (Wildman–Crippen MR) is 120 cm³/mol. The molecule has 0 spiro atoms. The fourth-order valence-electron chi connectivity index (χ4n) is 2.75. The number of aromatic nitrogens is 2. The molecule has 0 bridgehead atoms. The van der Waals surface area contributed by atoms with Crippen molar-refractivity contribution in [3.8, 4) is 11.5 Å². The standard InChI is InChI=1S/C20H17N3O5S3/c1-27-17-7-12(3-6-16(17)28-9-13-10-29-11-21-13)19(24)23-20-22-15-5-4-14(31(2,25)26)8-18(15)30-20/h3-8,10-11H,9H2,1-2H3,(H,22,23,24). The smallest absolute Gasteiger partial charge is 0.257 e. The molecule has 2 aromatic heterocycles. The van der Waals surface area contributed by atoms with Crippen LogP contribution in [0.5, 0.6) is 11.5 Å². The molecule has 0 unspecified atom stereocenters. The van der Waals surface area contributed by atoms with Gasteiger partial charge in [-0.15, -0.1) is 11.3 Å². The molecule has 1 N–H and O–H groups in total. The highest BCUT2D eigenvalue weighted by atomic mass is 32.2. The minimum atomic E-state index is -3.32. The number of methoxy groups -OCH3 is 1. The van der Waals surface area contributed by atoms with Crippen molar-refractivity contribution < 1.29 is 22.7 Å². The summed E-state index contributed by atoms with van der Waals surface area (Å²) in [6.45, 7) is 0.298. The fourth-order valence-corrected chi connectivity index (χ4v) is 4.91. The SMILES string of the molecule is COc1cc(C(=O)Nc2nc3ccc(S(C)(=O)=O)cc3s2)ccc1OCc1cscn1. The summed E-state index contributed by atoms with van der Waals surface area (Å²) in [4.78, 5) is 21.4. The topological polar surface area (TPSA) is 107 Å². The zero-order valence-electron chi connectivity index (χ0n) is 16.5. The zero-order chi connectivity index (χ0) is 22.0. The van der Waals surface area contributed by atoms with Crippen molar-refractivity contribution in [2.45, 2.75) is 11.5 Å².